The fraction of sp³-hybridized carbons (Fsp3) is 0.241. The van der Waals surface area contributed by atoms with E-state index in [0.29, 0.717) is 33.6 Å². The first kappa shape index (κ1) is 28.6. The monoisotopic (exact) mass is 565 g/mol. The van der Waals surface area contributed by atoms with Crippen LogP contribution in [0.2, 0.25) is 0 Å². The number of benzene rings is 3. The van der Waals surface area contributed by atoms with Crippen LogP contribution < -0.4 is 14.8 Å². The molecule has 0 aromatic heterocycles. The molecule has 9 nitrogen and oxygen atoms in total. The zero-order chi connectivity index (χ0) is 28.6. The Morgan fingerprint density at radius 2 is 1.70 bits per heavy atom. The van der Waals surface area contributed by atoms with Gasteiger partial charge >= 0.3 is 5.97 Å². The largest absolute Gasteiger partial charge is 0.493 e. The second kappa shape index (κ2) is 13.1. The van der Waals surface area contributed by atoms with Gasteiger partial charge < -0.3 is 19.5 Å². The Morgan fingerprint density at radius 3 is 2.35 bits per heavy atom. The summed E-state index contributed by atoms with van der Waals surface area (Å²) < 4.78 is 28.9. The van der Waals surface area contributed by atoms with E-state index in [1.54, 1.807) is 43.3 Å². The zero-order valence-corrected chi connectivity index (χ0v) is 23.0. The van der Waals surface area contributed by atoms with Crippen LogP contribution >= 0.6 is 11.8 Å². The summed E-state index contributed by atoms with van der Waals surface area (Å²) in [5, 5.41) is 2.38. The minimum absolute atomic E-state index is 0.107. The van der Waals surface area contributed by atoms with Gasteiger partial charge in [0.15, 0.2) is 16.7 Å². The van der Waals surface area contributed by atoms with E-state index < -0.39 is 17.0 Å². The van der Waals surface area contributed by atoms with Crippen molar-refractivity contribution in [1.82, 2.24) is 4.90 Å². The van der Waals surface area contributed by atoms with Gasteiger partial charge in [0.2, 0.25) is 11.8 Å². The highest BCUT2D eigenvalue weighted by molar-refractivity contribution is 8.15. The first-order valence-electron chi connectivity index (χ1n) is 12.4. The van der Waals surface area contributed by atoms with Crippen molar-refractivity contribution in [2.75, 3.05) is 26.1 Å². The highest BCUT2D eigenvalue weighted by Crippen LogP contribution is 2.35. The number of methoxy groups -OCH3 is 2. The SMILES string of the molecule is CCOC(=O)c1ccc(N=C2SC(CC(=O)Nc3ccc(F)cc3)C(=O)N2Cc2ccc(OC)c(OC)c2)cc1. The van der Waals surface area contributed by atoms with Gasteiger partial charge in [-0.1, -0.05) is 17.8 Å². The van der Waals surface area contributed by atoms with Gasteiger partial charge in [-0.25, -0.2) is 14.2 Å². The number of nitrogens with one attached hydrogen (secondary N) is 1. The van der Waals surface area contributed by atoms with Crippen LogP contribution in [0.15, 0.2) is 71.7 Å². The molecule has 208 valence electrons. The van der Waals surface area contributed by atoms with Crippen LogP contribution in [0, 0.1) is 5.82 Å². The average Bonchev–Trinajstić information content (AvgIpc) is 3.23. The lowest BCUT2D eigenvalue weighted by atomic mass is 10.1. The molecular weight excluding hydrogens is 537 g/mol. The van der Waals surface area contributed by atoms with Crippen molar-refractivity contribution in [2.45, 2.75) is 25.1 Å². The van der Waals surface area contributed by atoms with E-state index in [0.717, 1.165) is 5.56 Å². The topological polar surface area (TPSA) is 107 Å². The summed E-state index contributed by atoms with van der Waals surface area (Å²) in [7, 11) is 3.07. The number of nitrogens with zero attached hydrogens (tertiary/aromatic N) is 2. The molecule has 3 aromatic rings. The van der Waals surface area contributed by atoms with E-state index in [1.807, 2.05) is 6.07 Å². The van der Waals surface area contributed by atoms with E-state index >= 15 is 0 Å². The summed E-state index contributed by atoms with van der Waals surface area (Å²) in [5.74, 6) is -0.447. The molecule has 3 aromatic carbocycles. The van der Waals surface area contributed by atoms with Crippen molar-refractivity contribution in [2.24, 2.45) is 4.99 Å². The lowest BCUT2D eigenvalue weighted by molar-refractivity contribution is -0.128. The molecule has 1 saturated heterocycles. The van der Waals surface area contributed by atoms with Gasteiger partial charge in [0.25, 0.3) is 0 Å². The van der Waals surface area contributed by atoms with Crippen molar-refractivity contribution in [3.63, 3.8) is 0 Å². The van der Waals surface area contributed by atoms with Crippen LogP contribution in [0.5, 0.6) is 11.5 Å². The van der Waals surface area contributed by atoms with Crippen LogP contribution in [0.1, 0.15) is 29.3 Å². The number of carbonyl (C=O) groups is 3. The molecule has 1 unspecified atom stereocenters. The van der Waals surface area contributed by atoms with Crippen LogP contribution in [-0.2, 0) is 20.9 Å². The smallest absolute Gasteiger partial charge is 0.338 e. The van der Waals surface area contributed by atoms with Crippen LogP contribution in [0.3, 0.4) is 0 Å². The first-order chi connectivity index (χ1) is 19.3. The van der Waals surface area contributed by atoms with E-state index in [4.69, 9.17) is 14.2 Å². The van der Waals surface area contributed by atoms with Gasteiger partial charge in [-0.2, -0.15) is 0 Å². The van der Waals surface area contributed by atoms with Gasteiger partial charge in [0.05, 0.1) is 38.6 Å². The summed E-state index contributed by atoms with van der Waals surface area (Å²) in [4.78, 5) is 44.4. The Bertz CT molecular complexity index is 1410. The number of rotatable bonds is 10. The third kappa shape index (κ3) is 6.97. The Balaban J connectivity index is 1.58. The predicted octanol–water partition coefficient (Wildman–Crippen LogP) is 5.18. The van der Waals surface area contributed by atoms with E-state index in [9.17, 15) is 18.8 Å². The molecule has 0 aliphatic carbocycles. The van der Waals surface area contributed by atoms with E-state index in [1.165, 1.54) is 55.1 Å². The number of aliphatic imine (C=N–C) groups is 1. The highest BCUT2D eigenvalue weighted by atomic mass is 32.2. The van der Waals surface area contributed by atoms with Gasteiger partial charge in [0, 0.05) is 12.1 Å². The number of anilines is 1. The summed E-state index contributed by atoms with van der Waals surface area (Å²) in [6.45, 7) is 2.18. The molecule has 11 heteroatoms. The fourth-order valence-corrected chi connectivity index (χ4v) is 5.10. The van der Waals surface area contributed by atoms with Crippen LogP contribution in [-0.4, -0.2) is 53.9 Å². The molecule has 0 radical (unpaired) electrons. The number of carbonyl (C=O) groups excluding carboxylic acids is 3. The maximum atomic E-state index is 13.5. The summed E-state index contributed by atoms with van der Waals surface area (Å²) >= 11 is 1.18. The number of esters is 1. The minimum Gasteiger partial charge on any atom is -0.493 e. The molecule has 1 atom stereocenters. The molecule has 40 heavy (non-hydrogen) atoms. The number of hydrogen-bond donors (Lipinski definition) is 1. The second-order valence-electron chi connectivity index (χ2n) is 8.64. The normalized spacial score (nSPS) is 15.7. The molecule has 1 N–H and O–H groups in total. The Kier molecular flexibility index (Phi) is 9.39. The third-order valence-electron chi connectivity index (χ3n) is 5.91. The van der Waals surface area contributed by atoms with Crippen LogP contribution in [0.25, 0.3) is 0 Å². The molecule has 0 saturated carbocycles. The average molecular weight is 566 g/mol. The molecule has 0 bridgehead atoms. The van der Waals surface area contributed by atoms with Gasteiger partial charge in [-0.3, -0.25) is 14.5 Å². The third-order valence-corrected chi connectivity index (χ3v) is 7.09. The molecule has 0 spiro atoms. The quantitative estimate of drug-likeness (QED) is 0.338. The maximum Gasteiger partial charge on any atom is 0.338 e. The molecule has 1 fully saturated rings. The molecule has 2 amide bonds. The maximum absolute atomic E-state index is 13.5. The van der Waals surface area contributed by atoms with Crippen molar-refractivity contribution in [1.29, 1.82) is 0 Å². The standard InChI is InChI=1S/C29H28FN3O6S/c1-4-39-28(36)19-6-10-22(11-7-19)32-29-33(17-18-5-14-23(37-2)24(15-18)38-3)27(35)25(40-29)16-26(34)31-21-12-8-20(30)9-13-21/h5-15,25H,4,16-17H2,1-3H3,(H,31,34). The lowest BCUT2D eigenvalue weighted by Crippen LogP contribution is -2.33. The minimum atomic E-state index is -0.724. The van der Waals surface area contributed by atoms with Crippen molar-refractivity contribution < 1.29 is 33.0 Å². The predicted molar refractivity (Wildman–Crippen MR) is 151 cm³/mol. The Labute approximate surface area is 235 Å². The molecular formula is C29H28FN3O6S. The first-order valence-corrected chi connectivity index (χ1v) is 13.3. The van der Waals surface area contributed by atoms with Gasteiger partial charge in [-0.05, 0) is 73.2 Å². The Morgan fingerprint density at radius 1 is 1.00 bits per heavy atom. The number of amidine groups is 1. The molecule has 1 aliphatic heterocycles. The second-order valence-corrected chi connectivity index (χ2v) is 9.81. The molecule has 1 aliphatic rings. The molecule has 4 rings (SSSR count). The van der Waals surface area contributed by atoms with Gasteiger partial charge in [0.1, 0.15) is 11.1 Å². The number of ether oxygens (including phenoxy) is 3. The van der Waals surface area contributed by atoms with Crippen LogP contribution in [0.4, 0.5) is 15.8 Å². The van der Waals surface area contributed by atoms with Crippen molar-refractivity contribution >= 4 is 46.1 Å². The van der Waals surface area contributed by atoms with E-state index in [2.05, 4.69) is 10.3 Å². The summed E-state index contributed by atoms with van der Waals surface area (Å²) in [5.41, 5.74) is 2.11. The van der Waals surface area contributed by atoms with E-state index in [-0.39, 0.29) is 31.4 Å². The highest BCUT2D eigenvalue weighted by Gasteiger charge is 2.39. The summed E-state index contributed by atoms with van der Waals surface area (Å²) in [6.07, 6.45) is -0.107. The lowest BCUT2D eigenvalue weighted by Gasteiger charge is -2.18. The summed E-state index contributed by atoms with van der Waals surface area (Å²) in [6, 6.07) is 17.3. The van der Waals surface area contributed by atoms with Crippen molar-refractivity contribution in [3.05, 3.63) is 83.7 Å². The number of hydrogen-bond acceptors (Lipinski definition) is 8. The number of halogens is 1. The molecule has 1 heterocycles. The Hall–Kier alpha value is -4.38. The number of thioether (sulfide) groups is 1. The van der Waals surface area contributed by atoms with Crippen molar-refractivity contribution in [3.8, 4) is 11.5 Å². The number of amides is 2. The zero-order valence-electron chi connectivity index (χ0n) is 22.2. The van der Waals surface area contributed by atoms with Gasteiger partial charge in [-0.15, -0.1) is 0 Å². The fourth-order valence-electron chi connectivity index (χ4n) is 3.94.